The quantitative estimate of drug-likeness (QED) is 0.844. The highest BCUT2D eigenvalue weighted by atomic mass is 16.5. The summed E-state index contributed by atoms with van der Waals surface area (Å²) in [6.45, 7) is 6.64. The van der Waals surface area contributed by atoms with Gasteiger partial charge in [0.15, 0.2) is 0 Å². The molecular formula is C18H27NO3. The Bertz CT molecular complexity index is 527. The molecule has 22 heavy (non-hydrogen) atoms. The molecule has 0 saturated heterocycles. The Hall–Kier alpha value is -1.55. The fourth-order valence-electron chi connectivity index (χ4n) is 3.01. The van der Waals surface area contributed by atoms with Gasteiger partial charge >= 0.3 is 0 Å². The molecule has 2 rings (SSSR count). The van der Waals surface area contributed by atoms with Gasteiger partial charge in [-0.05, 0) is 25.8 Å². The number of hydrogen-bond acceptors (Lipinski definition) is 3. The number of fused-ring (bicyclic) bond motifs is 1. The topological polar surface area (TPSA) is 58.6 Å². The monoisotopic (exact) mass is 305 g/mol. The summed E-state index contributed by atoms with van der Waals surface area (Å²) in [6, 6.07) is 4.04. The molecule has 2 atom stereocenters. The maximum Gasteiger partial charge on any atom is 0.220 e. The minimum atomic E-state index is -0.510. The van der Waals surface area contributed by atoms with Gasteiger partial charge in [0.05, 0.1) is 18.8 Å². The maximum absolute atomic E-state index is 11.9. The van der Waals surface area contributed by atoms with E-state index >= 15 is 0 Å². The van der Waals surface area contributed by atoms with Gasteiger partial charge in [0.25, 0.3) is 0 Å². The zero-order valence-electron chi connectivity index (χ0n) is 13.8. The molecule has 1 heterocycles. The summed E-state index contributed by atoms with van der Waals surface area (Å²) in [5.41, 5.74) is 2.94. The van der Waals surface area contributed by atoms with Crippen LogP contribution in [0, 0.1) is 6.92 Å². The highest BCUT2D eigenvalue weighted by molar-refractivity contribution is 5.76. The first kappa shape index (κ1) is 16.8. The summed E-state index contributed by atoms with van der Waals surface area (Å²) in [5, 5.41) is 13.5. The van der Waals surface area contributed by atoms with Crippen LogP contribution in [0.15, 0.2) is 12.1 Å². The van der Waals surface area contributed by atoms with Crippen molar-refractivity contribution in [3.05, 3.63) is 28.8 Å². The molecule has 0 aliphatic carbocycles. The molecule has 1 aliphatic heterocycles. The average Bonchev–Trinajstić information content (AvgIpc) is 2.47. The third-order valence-electron chi connectivity index (χ3n) is 4.05. The molecule has 122 valence electrons. The number of nitrogens with one attached hydrogen (secondary N) is 1. The molecule has 1 aliphatic rings. The number of carbonyl (C=O) groups is 1. The standard InChI is InChI=1S/C18H27NO3/c1-4-6-16(20)14-11-12(3)10-13-15(8-9-22-18(13)14)19-17(21)7-5-2/h10-11,15-16,20H,4-9H2,1-3H3,(H,19,21). The van der Waals surface area contributed by atoms with Crippen LogP contribution in [-0.4, -0.2) is 17.6 Å². The Kier molecular flexibility index (Phi) is 5.83. The molecule has 4 heteroatoms. The molecule has 0 radical (unpaired) electrons. The van der Waals surface area contributed by atoms with Gasteiger partial charge < -0.3 is 15.2 Å². The van der Waals surface area contributed by atoms with Crippen molar-refractivity contribution in [3.63, 3.8) is 0 Å². The second-order valence-electron chi connectivity index (χ2n) is 6.08. The Morgan fingerprint density at radius 2 is 2.18 bits per heavy atom. The molecule has 2 N–H and O–H groups in total. The first-order valence-electron chi connectivity index (χ1n) is 8.31. The van der Waals surface area contributed by atoms with Gasteiger partial charge in [0.1, 0.15) is 5.75 Å². The van der Waals surface area contributed by atoms with E-state index < -0.39 is 6.10 Å². The predicted molar refractivity (Wildman–Crippen MR) is 87.0 cm³/mol. The Morgan fingerprint density at radius 1 is 1.41 bits per heavy atom. The molecule has 0 saturated carbocycles. The zero-order chi connectivity index (χ0) is 16.1. The van der Waals surface area contributed by atoms with Gasteiger partial charge in [-0.15, -0.1) is 0 Å². The van der Waals surface area contributed by atoms with E-state index in [9.17, 15) is 9.90 Å². The van der Waals surface area contributed by atoms with Crippen LogP contribution in [0.4, 0.5) is 0 Å². The number of rotatable bonds is 6. The molecule has 1 amide bonds. The number of aliphatic hydroxyl groups is 1. The minimum Gasteiger partial charge on any atom is -0.493 e. The van der Waals surface area contributed by atoms with Gasteiger partial charge in [-0.1, -0.05) is 31.9 Å². The summed E-state index contributed by atoms with van der Waals surface area (Å²) in [6.07, 6.45) is 3.28. The summed E-state index contributed by atoms with van der Waals surface area (Å²) in [5.74, 6) is 0.845. The molecule has 4 nitrogen and oxygen atoms in total. The van der Waals surface area contributed by atoms with Crippen LogP contribution in [0.25, 0.3) is 0 Å². The van der Waals surface area contributed by atoms with Crippen LogP contribution in [0.2, 0.25) is 0 Å². The van der Waals surface area contributed by atoms with E-state index in [1.807, 2.05) is 19.9 Å². The second-order valence-corrected chi connectivity index (χ2v) is 6.08. The smallest absolute Gasteiger partial charge is 0.220 e. The Labute approximate surface area is 132 Å². The minimum absolute atomic E-state index is 0.0183. The van der Waals surface area contributed by atoms with Crippen molar-refractivity contribution in [2.24, 2.45) is 0 Å². The number of hydrogen-bond donors (Lipinski definition) is 2. The van der Waals surface area contributed by atoms with Crippen molar-refractivity contribution < 1.29 is 14.6 Å². The van der Waals surface area contributed by atoms with Crippen molar-refractivity contribution in [3.8, 4) is 5.75 Å². The number of carbonyl (C=O) groups excluding carboxylic acids is 1. The van der Waals surface area contributed by atoms with Crippen LogP contribution in [0.1, 0.15) is 74.8 Å². The van der Waals surface area contributed by atoms with Gasteiger partial charge in [-0.25, -0.2) is 0 Å². The van der Waals surface area contributed by atoms with Crippen LogP contribution in [0.3, 0.4) is 0 Å². The van der Waals surface area contributed by atoms with Crippen molar-refractivity contribution in [2.75, 3.05) is 6.61 Å². The normalized spacial score (nSPS) is 18.3. The van der Waals surface area contributed by atoms with Crippen LogP contribution in [-0.2, 0) is 4.79 Å². The van der Waals surface area contributed by atoms with Gasteiger partial charge in [0, 0.05) is 24.0 Å². The van der Waals surface area contributed by atoms with Gasteiger partial charge in [-0.2, -0.15) is 0 Å². The maximum atomic E-state index is 11.9. The largest absolute Gasteiger partial charge is 0.493 e. The lowest BCUT2D eigenvalue weighted by Gasteiger charge is -2.30. The van der Waals surface area contributed by atoms with Gasteiger partial charge in [-0.3, -0.25) is 4.79 Å². The Morgan fingerprint density at radius 3 is 2.86 bits per heavy atom. The highest BCUT2D eigenvalue weighted by Crippen LogP contribution is 2.39. The third kappa shape index (κ3) is 3.80. The van der Waals surface area contributed by atoms with E-state index in [1.54, 1.807) is 0 Å². The predicted octanol–water partition coefficient (Wildman–Crippen LogP) is 3.57. The second kappa shape index (κ2) is 7.63. The fourth-order valence-corrected chi connectivity index (χ4v) is 3.01. The lowest BCUT2D eigenvalue weighted by atomic mass is 9.92. The van der Waals surface area contributed by atoms with Crippen molar-refractivity contribution in [1.29, 1.82) is 0 Å². The van der Waals surface area contributed by atoms with Crippen LogP contribution in [0.5, 0.6) is 5.75 Å². The number of amides is 1. The van der Waals surface area contributed by atoms with E-state index in [0.29, 0.717) is 19.4 Å². The van der Waals surface area contributed by atoms with Crippen molar-refractivity contribution in [2.45, 2.75) is 65.0 Å². The molecule has 0 fully saturated rings. The Balaban J connectivity index is 2.32. The van der Waals surface area contributed by atoms with E-state index in [-0.39, 0.29) is 11.9 Å². The summed E-state index contributed by atoms with van der Waals surface area (Å²) < 4.78 is 5.84. The first-order chi connectivity index (χ1) is 10.6. The summed E-state index contributed by atoms with van der Waals surface area (Å²) >= 11 is 0. The number of benzene rings is 1. The van der Waals surface area contributed by atoms with E-state index in [2.05, 4.69) is 18.3 Å². The highest BCUT2D eigenvalue weighted by Gasteiger charge is 2.27. The molecule has 0 bridgehead atoms. The van der Waals surface area contributed by atoms with Crippen molar-refractivity contribution >= 4 is 5.91 Å². The summed E-state index contributed by atoms with van der Waals surface area (Å²) in [4.78, 5) is 11.9. The number of aryl methyl sites for hydroxylation is 1. The van der Waals surface area contributed by atoms with E-state index in [1.165, 1.54) is 0 Å². The number of ether oxygens (including phenoxy) is 1. The van der Waals surface area contributed by atoms with Crippen molar-refractivity contribution in [1.82, 2.24) is 5.32 Å². The van der Waals surface area contributed by atoms with E-state index in [0.717, 1.165) is 41.7 Å². The molecule has 1 aromatic carbocycles. The summed E-state index contributed by atoms with van der Waals surface area (Å²) in [7, 11) is 0. The molecule has 0 spiro atoms. The average molecular weight is 305 g/mol. The third-order valence-corrected chi connectivity index (χ3v) is 4.05. The lowest BCUT2D eigenvalue weighted by Crippen LogP contribution is -2.32. The van der Waals surface area contributed by atoms with Crippen LogP contribution < -0.4 is 10.1 Å². The number of aliphatic hydroxyl groups excluding tert-OH is 1. The lowest BCUT2D eigenvalue weighted by molar-refractivity contribution is -0.122. The van der Waals surface area contributed by atoms with Gasteiger partial charge in [0.2, 0.25) is 5.91 Å². The molecule has 2 unspecified atom stereocenters. The molecule has 1 aromatic rings. The van der Waals surface area contributed by atoms with Crippen LogP contribution >= 0.6 is 0 Å². The SMILES string of the molecule is CCCC(=O)NC1CCOc2c(C(O)CCC)cc(C)cc21. The fraction of sp³-hybridized carbons (Fsp3) is 0.611. The van der Waals surface area contributed by atoms with E-state index in [4.69, 9.17) is 4.74 Å². The first-order valence-corrected chi connectivity index (χ1v) is 8.31. The molecular weight excluding hydrogens is 278 g/mol. The zero-order valence-corrected chi connectivity index (χ0v) is 13.8. The molecule has 0 aromatic heterocycles.